The van der Waals surface area contributed by atoms with Crippen LogP contribution in [0.4, 0.5) is 19.1 Å². The summed E-state index contributed by atoms with van der Waals surface area (Å²) in [5.41, 5.74) is -1.85. The maximum atomic E-state index is 13.5. The molecular formula is C20H27F3N4O3. The van der Waals surface area contributed by atoms with E-state index in [1.54, 1.807) is 20.8 Å². The number of methoxy groups -OCH3 is 1. The Labute approximate surface area is 173 Å². The molecule has 1 aromatic rings. The van der Waals surface area contributed by atoms with Crippen LogP contribution >= 0.6 is 0 Å². The summed E-state index contributed by atoms with van der Waals surface area (Å²) >= 11 is 0. The fourth-order valence-corrected chi connectivity index (χ4v) is 4.43. The molecule has 0 aromatic carbocycles. The summed E-state index contributed by atoms with van der Waals surface area (Å²) in [5.74, 6) is -0.987. The van der Waals surface area contributed by atoms with Crippen molar-refractivity contribution in [3.05, 3.63) is 18.0 Å². The summed E-state index contributed by atoms with van der Waals surface area (Å²) in [6, 6.07) is -0.882. The van der Waals surface area contributed by atoms with Crippen LogP contribution in [0.25, 0.3) is 0 Å². The number of ether oxygens (including phenoxy) is 1. The molecule has 1 amide bonds. The normalized spacial score (nSPS) is 26.0. The van der Waals surface area contributed by atoms with Crippen LogP contribution < -0.4 is 5.32 Å². The van der Waals surface area contributed by atoms with Crippen LogP contribution in [-0.2, 0) is 20.5 Å². The van der Waals surface area contributed by atoms with Crippen LogP contribution in [0.5, 0.6) is 0 Å². The number of likely N-dealkylation sites (tertiary alicyclic amines) is 1. The summed E-state index contributed by atoms with van der Waals surface area (Å²) in [5, 5.41) is 2.77. The molecule has 1 saturated carbocycles. The van der Waals surface area contributed by atoms with E-state index in [1.807, 2.05) is 0 Å². The highest BCUT2D eigenvalue weighted by Crippen LogP contribution is 2.65. The van der Waals surface area contributed by atoms with E-state index >= 15 is 0 Å². The monoisotopic (exact) mass is 428 g/mol. The lowest BCUT2D eigenvalue weighted by atomic mass is 9.85. The highest BCUT2D eigenvalue weighted by molar-refractivity contribution is 5.91. The van der Waals surface area contributed by atoms with E-state index in [0.717, 1.165) is 12.3 Å². The SMILES string of the molecule is COC(=O)[C@@H]1[C@@H]2[C@H](CN1C(=O)[C@@H](Nc1nccc(C(F)(F)F)n1)C(C)(C)C)C2(C)C. The van der Waals surface area contributed by atoms with Gasteiger partial charge in [0.25, 0.3) is 0 Å². The number of hydrogen-bond acceptors (Lipinski definition) is 6. The predicted octanol–water partition coefficient (Wildman–Crippen LogP) is 2.98. The van der Waals surface area contributed by atoms with Crippen molar-refractivity contribution >= 4 is 17.8 Å². The number of amides is 1. The summed E-state index contributed by atoms with van der Waals surface area (Å²) in [7, 11) is 1.28. The maximum absolute atomic E-state index is 13.5. The smallest absolute Gasteiger partial charge is 0.433 e. The summed E-state index contributed by atoms with van der Waals surface area (Å²) in [4.78, 5) is 34.8. The third-order valence-electron chi connectivity index (χ3n) is 6.27. The highest BCUT2D eigenvalue weighted by Gasteiger charge is 2.70. The molecule has 0 radical (unpaired) electrons. The van der Waals surface area contributed by atoms with Gasteiger partial charge in [-0.2, -0.15) is 13.2 Å². The first-order valence-electron chi connectivity index (χ1n) is 9.74. The van der Waals surface area contributed by atoms with Gasteiger partial charge >= 0.3 is 12.1 Å². The average molecular weight is 428 g/mol. The van der Waals surface area contributed by atoms with E-state index in [1.165, 1.54) is 12.0 Å². The number of carbonyl (C=O) groups is 2. The Morgan fingerprint density at radius 3 is 2.47 bits per heavy atom. The van der Waals surface area contributed by atoms with Crippen LogP contribution in [0.1, 0.15) is 40.3 Å². The van der Waals surface area contributed by atoms with Gasteiger partial charge in [0, 0.05) is 18.7 Å². The number of nitrogens with zero attached hydrogens (tertiary/aromatic N) is 3. The number of carbonyl (C=O) groups excluding carboxylic acids is 2. The van der Waals surface area contributed by atoms with Crippen LogP contribution in [0.2, 0.25) is 0 Å². The molecule has 2 aliphatic rings. The molecule has 1 saturated heterocycles. The molecule has 1 aliphatic heterocycles. The Morgan fingerprint density at radius 1 is 1.30 bits per heavy atom. The first-order valence-corrected chi connectivity index (χ1v) is 9.74. The van der Waals surface area contributed by atoms with Gasteiger partial charge in [-0.15, -0.1) is 0 Å². The zero-order valence-corrected chi connectivity index (χ0v) is 17.9. The minimum absolute atomic E-state index is 0.000624. The third-order valence-corrected chi connectivity index (χ3v) is 6.27. The number of esters is 1. The summed E-state index contributed by atoms with van der Waals surface area (Å²) in [6.07, 6.45) is -3.63. The number of fused-ring (bicyclic) bond motifs is 1. The molecule has 4 atom stereocenters. The van der Waals surface area contributed by atoms with Gasteiger partial charge in [0.15, 0.2) is 0 Å². The summed E-state index contributed by atoms with van der Waals surface area (Å²) in [6.45, 7) is 9.85. The largest absolute Gasteiger partial charge is 0.467 e. The molecule has 0 bridgehead atoms. The second-order valence-electron chi connectivity index (χ2n) is 9.62. The molecule has 30 heavy (non-hydrogen) atoms. The third kappa shape index (κ3) is 3.83. The maximum Gasteiger partial charge on any atom is 0.433 e. The fraction of sp³-hybridized carbons (Fsp3) is 0.700. The van der Waals surface area contributed by atoms with Crippen molar-refractivity contribution < 1.29 is 27.5 Å². The Hall–Kier alpha value is -2.39. The van der Waals surface area contributed by atoms with E-state index in [9.17, 15) is 22.8 Å². The molecule has 0 unspecified atom stereocenters. The molecule has 3 rings (SSSR count). The second-order valence-corrected chi connectivity index (χ2v) is 9.62. The second kappa shape index (κ2) is 7.09. The lowest BCUT2D eigenvalue weighted by Crippen LogP contribution is -2.55. The Morgan fingerprint density at radius 2 is 1.93 bits per heavy atom. The first kappa shape index (κ1) is 22.3. The number of rotatable bonds is 4. The Bertz CT molecular complexity index is 850. The molecule has 0 spiro atoms. The first-order chi connectivity index (χ1) is 13.7. The molecule has 1 N–H and O–H groups in total. The topological polar surface area (TPSA) is 84.4 Å². The number of hydrogen-bond donors (Lipinski definition) is 1. The van der Waals surface area contributed by atoms with Crippen molar-refractivity contribution in [3.63, 3.8) is 0 Å². The average Bonchev–Trinajstić information content (AvgIpc) is 2.99. The number of anilines is 1. The van der Waals surface area contributed by atoms with E-state index in [2.05, 4.69) is 29.1 Å². The number of alkyl halides is 3. The Balaban J connectivity index is 1.88. The van der Waals surface area contributed by atoms with Crippen LogP contribution in [-0.4, -0.2) is 52.5 Å². The number of piperidine rings is 1. The van der Waals surface area contributed by atoms with Crippen LogP contribution in [0, 0.1) is 22.7 Å². The van der Waals surface area contributed by atoms with Gasteiger partial charge in [-0.3, -0.25) is 4.79 Å². The summed E-state index contributed by atoms with van der Waals surface area (Å²) < 4.78 is 43.9. The number of halogens is 3. The van der Waals surface area contributed by atoms with Gasteiger partial charge in [-0.25, -0.2) is 14.8 Å². The van der Waals surface area contributed by atoms with E-state index < -0.39 is 35.3 Å². The van der Waals surface area contributed by atoms with Crippen LogP contribution in [0.3, 0.4) is 0 Å². The standard InChI is InChI=1S/C20H27F3N4O3/c1-18(2,3)14(26-17-24-8-7-11(25-17)20(21,22)23)15(28)27-9-10-12(19(10,4)5)13(27)16(29)30-6/h7-8,10,12-14H,9H2,1-6H3,(H,24,25,26)/t10-,12-,13-,14+/m0/s1. The highest BCUT2D eigenvalue weighted by atomic mass is 19.4. The van der Waals surface area contributed by atoms with E-state index in [4.69, 9.17) is 4.74 Å². The lowest BCUT2D eigenvalue weighted by Gasteiger charge is -2.37. The minimum atomic E-state index is -4.63. The van der Waals surface area contributed by atoms with Crippen molar-refractivity contribution in [2.24, 2.45) is 22.7 Å². The molecule has 166 valence electrons. The number of nitrogens with one attached hydrogen (secondary N) is 1. The van der Waals surface area contributed by atoms with Crippen molar-refractivity contribution in [2.45, 2.75) is 52.9 Å². The minimum Gasteiger partial charge on any atom is -0.467 e. The fourth-order valence-electron chi connectivity index (χ4n) is 4.43. The molecule has 2 heterocycles. The van der Waals surface area contributed by atoms with Crippen molar-refractivity contribution in [3.8, 4) is 0 Å². The predicted molar refractivity (Wildman–Crippen MR) is 102 cm³/mol. The van der Waals surface area contributed by atoms with Gasteiger partial charge in [0.2, 0.25) is 11.9 Å². The molecule has 2 fully saturated rings. The molecule has 1 aliphatic carbocycles. The zero-order chi connectivity index (χ0) is 22.6. The Kier molecular flexibility index (Phi) is 5.27. The molecular weight excluding hydrogens is 401 g/mol. The van der Waals surface area contributed by atoms with Gasteiger partial charge in [-0.05, 0) is 22.8 Å². The number of aromatic nitrogens is 2. The van der Waals surface area contributed by atoms with Crippen molar-refractivity contribution in [1.82, 2.24) is 14.9 Å². The van der Waals surface area contributed by atoms with Gasteiger partial charge in [0.05, 0.1) is 7.11 Å². The molecule has 1 aromatic heterocycles. The van der Waals surface area contributed by atoms with E-state index in [-0.39, 0.29) is 29.1 Å². The zero-order valence-electron chi connectivity index (χ0n) is 17.9. The lowest BCUT2D eigenvalue weighted by molar-refractivity contribution is -0.154. The quantitative estimate of drug-likeness (QED) is 0.743. The van der Waals surface area contributed by atoms with E-state index in [0.29, 0.717) is 6.54 Å². The molecule has 10 heteroatoms. The van der Waals surface area contributed by atoms with Crippen molar-refractivity contribution in [2.75, 3.05) is 19.0 Å². The van der Waals surface area contributed by atoms with Gasteiger partial charge < -0.3 is 15.0 Å². The van der Waals surface area contributed by atoms with Crippen molar-refractivity contribution in [1.29, 1.82) is 0 Å². The molecule has 7 nitrogen and oxygen atoms in total. The van der Waals surface area contributed by atoms with Gasteiger partial charge in [-0.1, -0.05) is 34.6 Å². The van der Waals surface area contributed by atoms with Crippen LogP contribution in [0.15, 0.2) is 12.3 Å². The van der Waals surface area contributed by atoms with Gasteiger partial charge in [0.1, 0.15) is 17.8 Å².